The van der Waals surface area contributed by atoms with E-state index in [9.17, 15) is 4.79 Å². The minimum Gasteiger partial charge on any atom is -0.490 e. The van der Waals surface area contributed by atoms with E-state index < -0.39 is 0 Å². The number of rotatable bonds is 4. The maximum atomic E-state index is 12.6. The quantitative estimate of drug-likeness (QED) is 0.738. The van der Waals surface area contributed by atoms with Crippen LogP contribution in [0.3, 0.4) is 0 Å². The molecule has 0 radical (unpaired) electrons. The molecule has 2 saturated heterocycles. The number of carbonyl (C=O) groups excluding carboxylic acids is 1. The number of piperidine rings is 1. The van der Waals surface area contributed by atoms with Crippen molar-refractivity contribution in [3.8, 4) is 5.75 Å². The first-order valence-corrected chi connectivity index (χ1v) is 10.9. The zero-order valence-electron chi connectivity index (χ0n) is 17.6. The molecule has 6 nitrogen and oxygen atoms in total. The van der Waals surface area contributed by atoms with Crippen LogP contribution in [0, 0.1) is 13.8 Å². The van der Waals surface area contributed by atoms with Gasteiger partial charge in [0, 0.05) is 45.2 Å². The Morgan fingerprint density at radius 3 is 2.57 bits per heavy atom. The summed E-state index contributed by atoms with van der Waals surface area (Å²) in [5, 5.41) is 0.517. The molecular weight excluding hydrogens is 402 g/mol. The first kappa shape index (κ1) is 20.9. The van der Waals surface area contributed by atoms with Gasteiger partial charge in [-0.2, -0.15) is 0 Å². The van der Waals surface area contributed by atoms with Gasteiger partial charge in [0.2, 0.25) is 0 Å². The van der Waals surface area contributed by atoms with Gasteiger partial charge in [-0.1, -0.05) is 23.7 Å². The topological polar surface area (TPSA) is 54.9 Å². The number of aromatic nitrogens is 1. The van der Waals surface area contributed by atoms with Crippen LogP contribution in [0.1, 0.15) is 34.3 Å². The van der Waals surface area contributed by atoms with E-state index in [0.717, 1.165) is 43.1 Å². The Hall–Kier alpha value is -2.31. The van der Waals surface area contributed by atoms with Crippen LogP contribution >= 0.6 is 11.6 Å². The van der Waals surface area contributed by atoms with Gasteiger partial charge in [0.05, 0.1) is 23.8 Å². The Labute approximate surface area is 182 Å². The molecule has 30 heavy (non-hydrogen) atoms. The van der Waals surface area contributed by atoms with E-state index in [2.05, 4.69) is 41.9 Å². The van der Waals surface area contributed by atoms with Crippen LogP contribution in [-0.4, -0.2) is 61.3 Å². The second kappa shape index (κ2) is 9.23. The first-order chi connectivity index (χ1) is 14.5. The zero-order chi connectivity index (χ0) is 21.1. The van der Waals surface area contributed by atoms with Gasteiger partial charge < -0.3 is 19.3 Å². The summed E-state index contributed by atoms with van der Waals surface area (Å²) in [6.45, 7) is 8.15. The lowest BCUT2D eigenvalue weighted by atomic mass is 10.1. The van der Waals surface area contributed by atoms with Gasteiger partial charge in [-0.05, 0) is 37.1 Å². The minimum atomic E-state index is -0.0418. The molecule has 160 valence electrons. The number of carbonyl (C=O) groups is 1. The molecule has 2 fully saturated rings. The highest BCUT2D eigenvalue weighted by atomic mass is 35.5. The summed E-state index contributed by atoms with van der Waals surface area (Å²) in [7, 11) is 0. The van der Waals surface area contributed by atoms with E-state index in [-0.39, 0.29) is 12.0 Å². The lowest BCUT2D eigenvalue weighted by molar-refractivity contribution is 0.0302. The van der Waals surface area contributed by atoms with Crippen LogP contribution in [0.25, 0.3) is 0 Å². The fourth-order valence-corrected chi connectivity index (χ4v) is 4.21. The summed E-state index contributed by atoms with van der Waals surface area (Å²) < 4.78 is 11.6. The highest BCUT2D eigenvalue weighted by Crippen LogP contribution is 2.29. The van der Waals surface area contributed by atoms with Crippen molar-refractivity contribution >= 4 is 23.3 Å². The number of hydrogen-bond acceptors (Lipinski definition) is 5. The van der Waals surface area contributed by atoms with Crippen LogP contribution in [0.15, 0.2) is 30.5 Å². The SMILES string of the molecule is Cc1ccc(C)c(OC2CCN(c3ncc(C(=O)N4CCOCC4)cc3Cl)CC2)c1. The van der Waals surface area contributed by atoms with Crippen LogP contribution in [-0.2, 0) is 4.74 Å². The lowest BCUT2D eigenvalue weighted by Crippen LogP contribution is -2.41. The Morgan fingerprint density at radius 2 is 1.87 bits per heavy atom. The molecule has 3 heterocycles. The molecular formula is C23H28ClN3O3. The van der Waals surface area contributed by atoms with Gasteiger partial charge in [0.25, 0.3) is 5.91 Å². The average molecular weight is 430 g/mol. The fraction of sp³-hybridized carbons (Fsp3) is 0.478. The number of anilines is 1. The number of amides is 1. The largest absolute Gasteiger partial charge is 0.490 e. The Morgan fingerprint density at radius 1 is 1.13 bits per heavy atom. The van der Waals surface area contributed by atoms with Crippen molar-refractivity contribution in [3.63, 3.8) is 0 Å². The number of morpholine rings is 1. The standard InChI is InChI=1S/C23H28ClN3O3/c1-16-3-4-17(2)21(13-16)30-19-5-7-26(8-6-19)22-20(24)14-18(15-25-22)23(28)27-9-11-29-12-10-27/h3-4,13-15,19H,5-12H2,1-2H3. The Balaban J connectivity index is 1.37. The number of ether oxygens (including phenoxy) is 2. The van der Waals surface area contributed by atoms with Gasteiger partial charge in [-0.25, -0.2) is 4.98 Å². The molecule has 0 spiro atoms. The predicted molar refractivity (Wildman–Crippen MR) is 118 cm³/mol. The van der Waals surface area contributed by atoms with Gasteiger partial charge in [-0.3, -0.25) is 4.79 Å². The summed E-state index contributed by atoms with van der Waals surface area (Å²) in [5.41, 5.74) is 2.89. The maximum Gasteiger partial charge on any atom is 0.255 e. The van der Waals surface area contributed by atoms with Crippen molar-refractivity contribution in [2.75, 3.05) is 44.3 Å². The molecule has 4 rings (SSSR count). The predicted octanol–water partition coefficient (Wildman–Crippen LogP) is 3.87. The van der Waals surface area contributed by atoms with Gasteiger partial charge >= 0.3 is 0 Å². The second-order valence-corrected chi connectivity index (χ2v) is 8.41. The molecule has 0 unspecified atom stereocenters. The lowest BCUT2D eigenvalue weighted by Gasteiger charge is -2.34. The van der Waals surface area contributed by atoms with E-state index in [0.29, 0.717) is 36.9 Å². The molecule has 2 aliphatic rings. The van der Waals surface area contributed by atoms with E-state index in [1.807, 2.05) is 0 Å². The third kappa shape index (κ3) is 4.71. The molecule has 0 N–H and O–H groups in total. The van der Waals surface area contributed by atoms with Gasteiger partial charge in [0.1, 0.15) is 17.7 Å². The molecule has 2 aliphatic heterocycles. The molecule has 7 heteroatoms. The Kier molecular flexibility index (Phi) is 6.44. The average Bonchev–Trinajstić information content (AvgIpc) is 2.77. The van der Waals surface area contributed by atoms with Crippen LogP contribution in [0.4, 0.5) is 5.82 Å². The van der Waals surface area contributed by atoms with Crippen molar-refractivity contribution in [1.29, 1.82) is 0 Å². The van der Waals surface area contributed by atoms with Gasteiger partial charge in [-0.15, -0.1) is 0 Å². The molecule has 1 aromatic heterocycles. The van der Waals surface area contributed by atoms with Crippen molar-refractivity contribution in [3.05, 3.63) is 52.2 Å². The second-order valence-electron chi connectivity index (χ2n) is 8.01. The van der Waals surface area contributed by atoms with E-state index >= 15 is 0 Å². The summed E-state index contributed by atoms with van der Waals surface area (Å²) in [6.07, 6.45) is 3.62. The molecule has 0 aliphatic carbocycles. The van der Waals surface area contributed by atoms with E-state index in [1.165, 1.54) is 5.56 Å². The van der Waals surface area contributed by atoms with E-state index in [1.54, 1.807) is 17.2 Å². The number of nitrogens with zero attached hydrogens (tertiary/aromatic N) is 3. The number of hydrogen-bond donors (Lipinski definition) is 0. The van der Waals surface area contributed by atoms with Gasteiger partial charge in [0.15, 0.2) is 0 Å². The minimum absolute atomic E-state index is 0.0418. The monoisotopic (exact) mass is 429 g/mol. The fourth-order valence-electron chi connectivity index (χ4n) is 3.93. The number of benzene rings is 1. The highest BCUT2D eigenvalue weighted by molar-refractivity contribution is 6.33. The van der Waals surface area contributed by atoms with Crippen molar-refractivity contribution < 1.29 is 14.3 Å². The summed E-state index contributed by atoms with van der Waals surface area (Å²) >= 11 is 6.52. The third-order valence-corrected chi connectivity index (χ3v) is 6.02. The smallest absolute Gasteiger partial charge is 0.255 e. The number of halogens is 1. The molecule has 0 saturated carbocycles. The molecule has 2 aromatic rings. The van der Waals surface area contributed by atoms with Crippen molar-refractivity contribution in [2.45, 2.75) is 32.8 Å². The summed E-state index contributed by atoms with van der Waals surface area (Å²) in [5.74, 6) is 1.66. The van der Waals surface area contributed by atoms with E-state index in [4.69, 9.17) is 21.1 Å². The number of aryl methyl sites for hydroxylation is 2. The molecule has 1 aromatic carbocycles. The normalized spacial score (nSPS) is 17.8. The maximum absolute atomic E-state index is 12.6. The first-order valence-electron chi connectivity index (χ1n) is 10.5. The van der Waals surface area contributed by atoms with Crippen molar-refractivity contribution in [1.82, 2.24) is 9.88 Å². The van der Waals surface area contributed by atoms with Crippen molar-refractivity contribution in [2.24, 2.45) is 0 Å². The molecule has 1 amide bonds. The molecule has 0 bridgehead atoms. The summed E-state index contributed by atoms with van der Waals surface area (Å²) in [4.78, 5) is 21.1. The zero-order valence-corrected chi connectivity index (χ0v) is 18.3. The van der Waals surface area contributed by atoms with Crippen LogP contribution in [0.5, 0.6) is 5.75 Å². The summed E-state index contributed by atoms with van der Waals surface area (Å²) in [6, 6.07) is 8.04. The van der Waals surface area contributed by atoms with Crippen LogP contribution in [0.2, 0.25) is 5.02 Å². The third-order valence-electron chi connectivity index (χ3n) is 5.75. The number of pyridine rings is 1. The Bertz CT molecular complexity index is 907. The van der Waals surface area contributed by atoms with Crippen LogP contribution < -0.4 is 9.64 Å². The molecule has 0 atom stereocenters. The highest BCUT2D eigenvalue weighted by Gasteiger charge is 2.25.